The minimum absolute atomic E-state index is 0.516. The summed E-state index contributed by atoms with van der Waals surface area (Å²) in [7, 11) is 0. The third-order valence-corrected chi connectivity index (χ3v) is 3.83. The number of benzene rings is 1. The predicted molar refractivity (Wildman–Crippen MR) is 75.1 cm³/mol. The third kappa shape index (κ3) is 3.30. The highest BCUT2D eigenvalue weighted by molar-refractivity contribution is 9.10. The van der Waals surface area contributed by atoms with Crippen LogP contribution in [0.15, 0.2) is 45.5 Å². The summed E-state index contributed by atoms with van der Waals surface area (Å²) in [6.45, 7) is 2.53. The standard InChI is InChI=1S/C13H11Br2NO/c1-9-6-7-16-13(12(9)15)17-8-10-2-4-11(14)5-3-10/h2-7H,8H2,1H3. The highest BCUT2D eigenvalue weighted by Crippen LogP contribution is 2.26. The molecule has 88 valence electrons. The van der Waals surface area contributed by atoms with E-state index in [1.165, 1.54) is 0 Å². The molecular weight excluding hydrogens is 346 g/mol. The Morgan fingerprint density at radius 3 is 2.53 bits per heavy atom. The zero-order valence-corrected chi connectivity index (χ0v) is 12.5. The van der Waals surface area contributed by atoms with Crippen molar-refractivity contribution in [1.82, 2.24) is 4.98 Å². The van der Waals surface area contributed by atoms with Crippen LogP contribution in [0.2, 0.25) is 0 Å². The summed E-state index contributed by atoms with van der Waals surface area (Å²) in [6, 6.07) is 9.98. The highest BCUT2D eigenvalue weighted by atomic mass is 79.9. The summed E-state index contributed by atoms with van der Waals surface area (Å²) < 4.78 is 7.65. The van der Waals surface area contributed by atoms with Gasteiger partial charge in [0.25, 0.3) is 0 Å². The van der Waals surface area contributed by atoms with E-state index in [0.29, 0.717) is 12.5 Å². The van der Waals surface area contributed by atoms with E-state index in [1.54, 1.807) is 6.20 Å². The molecule has 2 rings (SSSR count). The van der Waals surface area contributed by atoms with Crippen LogP contribution < -0.4 is 4.74 Å². The fraction of sp³-hybridized carbons (Fsp3) is 0.154. The highest BCUT2D eigenvalue weighted by Gasteiger charge is 2.05. The van der Waals surface area contributed by atoms with Crippen molar-refractivity contribution in [2.75, 3.05) is 0 Å². The lowest BCUT2D eigenvalue weighted by Crippen LogP contribution is -1.98. The van der Waals surface area contributed by atoms with Crippen molar-refractivity contribution in [3.63, 3.8) is 0 Å². The average molecular weight is 357 g/mol. The summed E-state index contributed by atoms with van der Waals surface area (Å²) in [5.41, 5.74) is 2.23. The maximum Gasteiger partial charge on any atom is 0.228 e. The van der Waals surface area contributed by atoms with Crippen LogP contribution in [0.3, 0.4) is 0 Å². The van der Waals surface area contributed by atoms with Crippen LogP contribution in [0.4, 0.5) is 0 Å². The number of rotatable bonds is 3. The van der Waals surface area contributed by atoms with Crippen molar-refractivity contribution >= 4 is 31.9 Å². The maximum atomic E-state index is 5.67. The first-order chi connectivity index (χ1) is 8.16. The predicted octanol–water partition coefficient (Wildman–Crippen LogP) is 4.49. The van der Waals surface area contributed by atoms with Gasteiger partial charge in [-0.15, -0.1) is 0 Å². The molecule has 0 saturated heterocycles. The van der Waals surface area contributed by atoms with Gasteiger partial charge in [-0.25, -0.2) is 4.98 Å². The lowest BCUT2D eigenvalue weighted by molar-refractivity contribution is 0.291. The van der Waals surface area contributed by atoms with E-state index in [2.05, 4.69) is 36.8 Å². The fourth-order valence-electron chi connectivity index (χ4n) is 1.35. The minimum atomic E-state index is 0.516. The largest absolute Gasteiger partial charge is 0.472 e. The molecule has 0 aliphatic rings. The van der Waals surface area contributed by atoms with Gasteiger partial charge in [0.05, 0.1) is 4.47 Å². The molecule has 0 unspecified atom stereocenters. The van der Waals surface area contributed by atoms with Crippen LogP contribution >= 0.6 is 31.9 Å². The van der Waals surface area contributed by atoms with Crippen molar-refractivity contribution in [3.05, 3.63) is 56.6 Å². The Bertz CT molecular complexity index is 511. The Balaban J connectivity index is 2.07. The van der Waals surface area contributed by atoms with Crippen molar-refractivity contribution in [2.24, 2.45) is 0 Å². The molecule has 4 heteroatoms. The number of aryl methyl sites for hydroxylation is 1. The molecule has 0 amide bonds. The third-order valence-electron chi connectivity index (χ3n) is 2.34. The molecule has 0 N–H and O–H groups in total. The van der Waals surface area contributed by atoms with E-state index in [1.807, 2.05) is 37.3 Å². The SMILES string of the molecule is Cc1ccnc(OCc2ccc(Br)cc2)c1Br. The molecule has 0 fully saturated rings. The van der Waals surface area contributed by atoms with Gasteiger partial charge in [0, 0.05) is 10.7 Å². The monoisotopic (exact) mass is 355 g/mol. The van der Waals surface area contributed by atoms with Crippen LogP contribution in [-0.2, 0) is 6.61 Å². The quantitative estimate of drug-likeness (QED) is 0.808. The van der Waals surface area contributed by atoms with E-state index >= 15 is 0 Å². The fourth-order valence-corrected chi connectivity index (χ4v) is 1.96. The first kappa shape index (κ1) is 12.6. The van der Waals surface area contributed by atoms with E-state index in [4.69, 9.17) is 4.74 Å². The van der Waals surface area contributed by atoms with Crippen LogP contribution in [-0.4, -0.2) is 4.98 Å². The second-order valence-corrected chi connectivity index (χ2v) is 5.37. The maximum absolute atomic E-state index is 5.67. The van der Waals surface area contributed by atoms with Crippen LogP contribution in [0.25, 0.3) is 0 Å². The smallest absolute Gasteiger partial charge is 0.228 e. The van der Waals surface area contributed by atoms with Gasteiger partial charge in [-0.3, -0.25) is 0 Å². The summed E-state index contributed by atoms with van der Waals surface area (Å²) in [5.74, 6) is 0.632. The van der Waals surface area contributed by atoms with Gasteiger partial charge in [0.2, 0.25) is 5.88 Å². The van der Waals surface area contributed by atoms with Crippen molar-refractivity contribution in [1.29, 1.82) is 0 Å². The summed E-state index contributed by atoms with van der Waals surface area (Å²) >= 11 is 6.87. The average Bonchev–Trinajstić information content (AvgIpc) is 2.33. The van der Waals surface area contributed by atoms with Crippen molar-refractivity contribution in [2.45, 2.75) is 13.5 Å². The molecule has 0 bridgehead atoms. The van der Waals surface area contributed by atoms with Crippen LogP contribution in [0.5, 0.6) is 5.88 Å². The first-order valence-corrected chi connectivity index (χ1v) is 6.74. The zero-order chi connectivity index (χ0) is 12.3. The Kier molecular flexibility index (Phi) is 4.18. The van der Waals surface area contributed by atoms with E-state index in [9.17, 15) is 0 Å². The molecule has 0 atom stereocenters. The summed E-state index contributed by atoms with van der Waals surface area (Å²) in [4.78, 5) is 4.19. The van der Waals surface area contributed by atoms with Crippen molar-refractivity contribution in [3.8, 4) is 5.88 Å². The van der Waals surface area contributed by atoms with Gasteiger partial charge >= 0.3 is 0 Å². The molecule has 1 aromatic heterocycles. The molecule has 0 saturated carbocycles. The summed E-state index contributed by atoms with van der Waals surface area (Å²) in [6.07, 6.45) is 1.75. The second-order valence-electron chi connectivity index (χ2n) is 3.66. The lowest BCUT2D eigenvalue weighted by Gasteiger charge is -2.08. The molecule has 0 aliphatic carbocycles. The molecule has 1 aromatic carbocycles. The number of ether oxygens (including phenoxy) is 1. The molecule has 1 heterocycles. The van der Waals surface area contributed by atoms with E-state index < -0.39 is 0 Å². The van der Waals surface area contributed by atoms with E-state index in [0.717, 1.165) is 20.1 Å². The Labute approximate surface area is 117 Å². The summed E-state index contributed by atoms with van der Waals surface area (Å²) in [5, 5.41) is 0. The molecule has 0 radical (unpaired) electrons. The Morgan fingerprint density at radius 2 is 1.82 bits per heavy atom. The molecule has 17 heavy (non-hydrogen) atoms. The normalized spacial score (nSPS) is 10.3. The molecule has 0 spiro atoms. The number of hydrogen-bond donors (Lipinski definition) is 0. The zero-order valence-electron chi connectivity index (χ0n) is 9.28. The molecule has 2 nitrogen and oxygen atoms in total. The molecular formula is C13H11Br2NO. The molecule has 2 aromatic rings. The first-order valence-electron chi connectivity index (χ1n) is 5.15. The lowest BCUT2D eigenvalue weighted by atomic mass is 10.2. The Morgan fingerprint density at radius 1 is 1.12 bits per heavy atom. The van der Waals surface area contributed by atoms with Gasteiger partial charge in [0.1, 0.15) is 6.61 Å². The van der Waals surface area contributed by atoms with E-state index in [-0.39, 0.29) is 0 Å². The van der Waals surface area contributed by atoms with Gasteiger partial charge < -0.3 is 4.74 Å². The molecule has 0 aliphatic heterocycles. The number of aromatic nitrogens is 1. The number of hydrogen-bond acceptors (Lipinski definition) is 2. The Hall–Kier alpha value is -0.870. The van der Waals surface area contributed by atoms with Crippen LogP contribution in [0.1, 0.15) is 11.1 Å². The van der Waals surface area contributed by atoms with Crippen LogP contribution in [0, 0.1) is 6.92 Å². The van der Waals surface area contributed by atoms with Gasteiger partial charge in [-0.2, -0.15) is 0 Å². The van der Waals surface area contributed by atoms with Gasteiger partial charge in [-0.1, -0.05) is 28.1 Å². The minimum Gasteiger partial charge on any atom is -0.472 e. The van der Waals surface area contributed by atoms with Gasteiger partial charge in [-0.05, 0) is 52.2 Å². The van der Waals surface area contributed by atoms with Gasteiger partial charge in [0.15, 0.2) is 0 Å². The number of pyridine rings is 1. The topological polar surface area (TPSA) is 22.1 Å². The number of nitrogens with zero attached hydrogens (tertiary/aromatic N) is 1. The number of halogens is 2. The van der Waals surface area contributed by atoms with Crippen molar-refractivity contribution < 1.29 is 4.74 Å². The second kappa shape index (κ2) is 5.65.